The van der Waals surface area contributed by atoms with Crippen molar-refractivity contribution in [3.05, 3.63) is 200 Å². The molecule has 48 heavy (non-hydrogen) atoms. The van der Waals surface area contributed by atoms with Gasteiger partial charge < -0.3 is 0 Å². The van der Waals surface area contributed by atoms with E-state index < -0.39 is 0 Å². The van der Waals surface area contributed by atoms with Crippen LogP contribution in [0.25, 0.3) is 35.4 Å². The molecule has 0 aromatic heterocycles. The van der Waals surface area contributed by atoms with Crippen molar-refractivity contribution in [1.29, 1.82) is 0 Å². The fourth-order valence-corrected chi connectivity index (χ4v) is 6.40. The Hall–Kier alpha value is -6.52. The van der Waals surface area contributed by atoms with E-state index in [1.54, 1.807) is 72.8 Å². The van der Waals surface area contributed by atoms with Gasteiger partial charge in [0.2, 0.25) is 0 Å². The smallest absolute Gasteiger partial charge is 0.194 e. The number of carbonyl (C=O) groups is 4. The molecule has 0 saturated carbocycles. The zero-order valence-electron chi connectivity index (χ0n) is 25.6. The minimum absolute atomic E-state index is 0.118. The van der Waals surface area contributed by atoms with Crippen LogP contribution in [0, 0.1) is 0 Å². The number of hydrogen-bond acceptors (Lipinski definition) is 4. The van der Waals surface area contributed by atoms with Gasteiger partial charge in [0.1, 0.15) is 0 Å². The van der Waals surface area contributed by atoms with Gasteiger partial charge in [0.05, 0.1) is 0 Å². The van der Waals surface area contributed by atoms with Crippen molar-refractivity contribution in [2.75, 3.05) is 0 Å². The third-order valence-corrected chi connectivity index (χ3v) is 8.99. The summed E-state index contributed by atoms with van der Waals surface area (Å²) in [6.07, 6.45) is 7.88. The molecule has 6 aromatic carbocycles. The number of carbonyl (C=O) groups excluding carboxylic acids is 4. The van der Waals surface area contributed by atoms with E-state index >= 15 is 0 Å². The van der Waals surface area contributed by atoms with Gasteiger partial charge in [0.25, 0.3) is 0 Å². The van der Waals surface area contributed by atoms with Crippen LogP contribution in [0.1, 0.15) is 85.9 Å². The summed E-state index contributed by atoms with van der Waals surface area (Å²) in [5.74, 6) is -0.484. The maximum absolute atomic E-state index is 13.1. The molecule has 2 aliphatic carbocycles. The molecule has 0 fully saturated rings. The average Bonchev–Trinajstić information content (AvgIpc) is 3.14. The second-order valence-electron chi connectivity index (χ2n) is 11.9. The van der Waals surface area contributed by atoms with E-state index in [9.17, 15) is 19.2 Å². The number of hydrogen-bond donors (Lipinski definition) is 0. The van der Waals surface area contributed by atoms with Crippen LogP contribution in [-0.2, 0) is 0 Å². The van der Waals surface area contributed by atoms with Crippen molar-refractivity contribution in [2.45, 2.75) is 0 Å². The highest BCUT2D eigenvalue weighted by atomic mass is 16.1. The van der Waals surface area contributed by atoms with Crippen molar-refractivity contribution >= 4 is 47.4 Å². The molecule has 4 heteroatoms. The van der Waals surface area contributed by atoms with Gasteiger partial charge >= 0.3 is 0 Å². The van der Waals surface area contributed by atoms with Gasteiger partial charge in [0.15, 0.2) is 23.1 Å². The normalized spacial score (nSPS) is 13.4. The summed E-state index contributed by atoms with van der Waals surface area (Å²) in [6, 6.07) is 41.2. The average molecular weight is 619 g/mol. The Labute approximate surface area is 277 Å². The molecule has 2 aliphatic rings. The lowest BCUT2D eigenvalue weighted by Crippen LogP contribution is -2.20. The molecule has 0 saturated heterocycles. The molecule has 8 rings (SSSR count). The van der Waals surface area contributed by atoms with Crippen LogP contribution in [0.2, 0.25) is 0 Å². The van der Waals surface area contributed by atoms with Crippen LogP contribution in [-0.4, -0.2) is 23.1 Å². The summed E-state index contributed by atoms with van der Waals surface area (Å²) in [5.41, 5.74) is 9.48. The monoisotopic (exact) mass is 618 g/mol. The van der Waals surface area contributed by atoms with Crippen molar-refractivity contribution in [1.82, 2.24) is 0 Å². The minimum atomic E-state index is -0.124. The first kappa shape index (κ1) is 28.9. The van der Waals surface area contributed by atoms with E-state index in [0.29, 0.717) is 44.5 Å². The molecule has 0 spiro atoms. The van der Waals surface area contributed by atoms with Gasteiger partial charge in [-0.2, -0.15) is 0 Å². The molecule has 0 unspecified atom stereocenters. The van der Waals surface area contributed by atoms with Crippen LogP contribution in [0.3, 0.4) is 0 Å². The Bertz CT molecular complexity index is 2220. The van der Waals surface area contributed by atoms with Gasteiger partial charge in [-0.25, -0.2) is 0 Å². The zero-order valence-corrected chi connectivity index (χ0v) is 25.6. The van der Waals surface area contributed by atoms with Crippen molar-refractivity contribution < 1.29 is 19.2 Å². The van der Waals surface area contributed by atoms with Crippen LogP contribution in [0.5, 0.6) is 0 Å². The van der Waals surface area contributed by atoms with Crippen LogP contribution >= 0.6 is 0 Å². The number of benzene rings is 6. The Morgan fingerprint density at radius 1 is 0.271 bits per heavy atom. The van der Waals surface area contributed by atoms with Gasteiger partial charge in [-0.1, -0.05) is 133 Å². The fourth-order valence-electron chi connectivity index (χ4n) is 6.40. The summed E-state index contributed by atoms with van der Waals surface area (Å²) in [6.45, 7) is 0. The molecule has 226 valence electrons. The van der Waals surface area contributed by atoms with E-state index in [-0.39, 0.29) is 23.1 Å². The molecule has 0 radical (unpaired) electrons. The van der Waals surface area contributed by atoms with Gasteiger partial charge in [-0.15, -0.1) is 0 Å². The first-order valence-electron chi connectivity index (χ1n) is 15.7. The van der Waals surface area contributed by atoms with E-state index in [0.717, 1.165) is 33.4 Å². The largest absolute Gasteiger partial charge is 0.289 e. The van der Waals surface area contributed by atoms with Crippen molar-refractivity contribution in [3.8, 4) is 11.1 Å². The topological polar surface area (TPSA) is 68.3 Å². The molecule has 6 aromatic rings. The number of rotatable bonds is 5. The Balaban J connectivity index is 0.948. The van der Waals surface area contributed by atoms with Crippen LogP contribution < -0.4 is 0 Å². The molecule has 0 bridgehead atoms. The predicted molar refractivity (Wildman–Crippen MR) is 189 cm³/mol. The van der Waals surface area contributed by atoms with Crippen molar-refractivity contribution in [3.63, 3.8) is 0 Å². The Kier molecular flexibility index (Phi) is 7.04. The lowest BCUT2D eigenvalue weighted by atomic mass is 9.83. The maximum atomic E-state index is 13.1. The second-order valence-corrected chi connectivity index (χ2v) is 11.9. The molecular weight excluding hydrogens is 592 g/mol. The first-order valence-corrected chi connectivity index (χ1v) is 15.7. The highest BCUT2D eigenvalue weighted by Crippen LogP contribution is 2.30. The predicted octanol–water partition coefficient (Wildman–Crippen LogP) is 9.25. The third kappa shape index (κ3) is 5.06. The Morgan fingerprint density at radius 2 is 0.542 bits per heavy atom. The fraction of sp³-hybridized carbons (Fsp3) is 0. The molecule has 4 nitrogen and oxygen atoms in total. The standard InChI is InChI=1S/C44H26O4/c45-41-33-5-1-3-7-35(33)43(47)39-25-29(17-23-37(39)41)11-9-27-13-19-31(20-14-27)32-21-15-28(16-22-32)10-12-30-18-24-38-40(26-30)44(48)36-8-4-2-6-34(36)42(38)46/h1-26H. The molecular formula is C44H26O4. The van der Waals surface area contributed by atoms with E-state index in [4.69, 9.17) is 0 Å². The van der Waals surface area contributed by atoms with E-state index in [1.165, 1.54) is 0 Å². The zero-order chi connectivity index (χ0) is 32.8. The summed E-state index contributed by atoms with van der Waals surface area (Å²) in [5, 5.41) is 0. The molecule has 0 heterocycles. The number of ketones is 4. The van der Waals surface area contributed by atoms with Gasteiger partial charge in [0, 0.05) is 44.5 Å². The molecule has 0 amide bonds. The summed E-state index contributed by atoms with van der Waals surface area (Å²) >= 11 is 0. The molecule has 0 aliphatic heterocycles. The van der Waals surface area contributed by atoms with E-state index in [1.807, 2.05) is 60.7 Å². The summed E-state index contributed by atoms with van der Waals surface area (Å²) in [7, 11) is 0. The summed E-state index contributed by atoms with van der Waals surface area (Å²) in [4.78, 5) is 52.0. The highest BCUT2D eigenvalue weighted by Gasteiger charge is 2.30. The first-order chi connectivity index (χ1) is 23.4. The van der Waals surface area contributed by atoms with Gasteiger partial charge in [-0.3, -0.25) is 19.2 Å². The van der Waals surface area contributed by atoms with Gasteiger partial charge in [-0.05, 0) is 57.6 Å². The van der Waals surface area contributed by atoms with E-state index in [2.05, 4.69) is 24.3 Å². The van der Waals surface area contributed by atoms with Crippen LogP contribution in [0.4, 0.5) is 0 Å². The number of fused-ring (bicyclic) bond motifs is 4. The summed E-state index contributed by atoms with van der Waals surface area (Å²) < 4.78 is 0. The quantitative estimate of drug-likeness (QED) is 0.180. The minimum Gasteiger partial charge on any atom is -0.289 e. The maximum Gasteiger partial charge on any atom is 0.194 e. The third-order valence-electron chi connectivity index (χ3n) is 8.99. The molecule has 0 atom stereocenters. The SMILES string of the molecule is O=C1c2ccccc2C(=O)c2cc(C=Cc3ccc(-c4ccc(C=Cc5ccc6c(c5)C(=O)c5ccccc5C6=O)cc4)cc3)ccc21. The lowest BCUT2D eigenvalue weighted by Gasteiger charge is -2.17. The molecule has 0 N–H and O–H groups in total. The Morgan fingerprint density at radius 3 is 0.896 bits per heavy atom. The second kappa shape index (κ2) is 11.7. The lowest BCUT2D eigenvalue weighted by molar-refractivity contribution is 0.0979. The highest BCUT2D eigenvalue weighted by molar-refractivity contribution is 6.29. The van der Waals surface area contributed by atoms with Crippen LogP contribution in [0.15, 0.2) is 133 Å². The van der Waals surface area contributed by atoms with Crippen molar-refractivity contribution in [2.24, 2.45) is 0 Å².